The van der Waals surface area contributed by atoms with Gasteiger partial charge in [0.25, 0.3) is 0 Å². The Labute approximate surface area is 281 Å². The summed E-state index contributed by atoms with van der Waals surface area (Å²) in [4.78, 5) is 2.72. The number of para-hydroxylation sites is 5. The van der Waals surface area contributed by atoms with Gasteiger partial charge in [0.2, 0.25) is 0 Å². The summed E-state index contributed by atoms with van der Waals surface area (Å²) in [5.41, 5.74) is 16.4. The minimum Gasteiger partial charge on any atom is -0.375 e. The molecule has 0 saturated carbocycles. The zero-order chi connectivity index (χ0) is 32.0. The zero-order valence-corrected chi connectivity index (χ0v) is 27.1. The summed E-state index contributed by atoms with van der Waals surface area (Å²) >= 11 is 0. The van der Waals surface area contributed by atoms with Gasteiger partial charge in [-0.1, -0.05) is 166 Å². The molecule has 0 unspecified atom stereocenters. The maximum atomic E-state index is 2.72. The molecule has 8 aromatic rings. The van der Waals surface area contributed by atoms with Crippen molar-refractivity contribution in [3.05, 3.63) is 175 Å². The Kier molecular flexibility index (Phi) is 5.75. The summed E-state index contributed by atoms with van der Waals surface area (Å²) in [5, 5.41) is 2.59. The third-order valence-corrected chi connectivity index (χ3v) is 10.8. The van der Waals surface area contributed by atoms with Gasteiger partial charge < -0.3 is 9.38 Å². The van der Waals surface area contributed by atoms with Gasteiger partial charge >= 0.3 is 6.85 Å². The first-order valence-corrected chi connectivity index (χ1v) is 16.9. The summed E-state index contributed by atoms with van der Waals surface area (Å²) in [6.07, 6.45) is 0. The third kappa shape index (κ3) is 3.65. The van der Waals surface area contributed by atoms with E-state index in [0.29, 0.717) is 0 Å². The highest BCUT2D eigenvalue weighted by Crippen LogP contribution is 2.55. The van der Waals surface area contributed by atoms with E-state index < -0.39 is 0 Å². The standard InChI is InChI=1S/C45H33BN2/c1-45(2)36-24-13-21-32(30-16-5-3-6-17-30)42(36)48(43-33(22-14-25-37(43)45)31-18-7-4-8-19-31)46-38-26-10-12-29-41(38)47-40-28-11-9-20-34(40)35-23-15-27-39(46)44(35)47/h3-29H,1-2H3. The molecule has 1 aromatic heterocycles. The van der Waals surface area contributed by atoms with Gasteiger partial charge in [-0.3, -0.25) is 0 Å². The molecule has 48 heavy (non-hydrogen) atoms. The first kappa shape index (κ1) is 27.3. The molecule has 0 bridgehead atoms. The predicted octanol–water partition coefficient (Wildman–Crippen LogP) is 10.0. The second kappa shape index (κ2) is 10.1. The van der Waals surface area contributed by atoms with Gasteiger partial charge in [-0.25, -0.2) is 0 Å². The highest BCUT2D eigenvalue weighted by Gasteiger charge is 2.46. The van der Waals surface area contributed by atoms with Gasteiger partial charge in [-0.05, 0) is 45.3 Å². The van der Waals surface area contributed by atoms with Crippen molar-refractivity contribution in [3.63, 3.8) is 0 Å². The minimum absolute atomic E-state index is 0.0648. The largest absolute Gasteiger partial charge is 0.375 e. The Morgan fingerprint density at radius 3 is 1.65 bits per heavy atom. The fraction of sp³-hybridized carbons (Fsp3) is 0.0667. The lowest BCUT2D eigenvalue weighted by atomic mass is 9.45. The molecular formula is C45H33BN2. The van der Waals surface area contributed by atoms with Crippen molar-refractivity contribution in [3.8, 4) is 27.9 Å². The molecule has 0 aliphatic carbocycles. The van der Waals surface area contributed by atoms with E-state index >= 15 is 0 Å². The molecule has 7 aromatic carbocycles. The molecule has 3 heterocycles. The fourth-order valence-electron chi connectivity index (χ4n) is 8.72. The van der Waals surface area contributed by atoms with Crippen molar-refractivity contribution in [1.29, 1.82) is 0 Å². The maximum Gasteiger partial charge on any atom is 0.332 e. The quantitative estimate of drug-likeness (QED) is 0.180. The Balaban J connectivity index is 1.39. The molecule has 2 aliphatic heterocycles. The van der Waals surface area contributed by atoms with Crippen molar-refractivity contribution in [2.24, 2.45) is 0 Å². The summed E-state index contributed by atoms with van der Waals surface area (Å²) in [6, 6.07) is 60.6. The van der Waals surface area contributed by atoms with Crippen LogP contribution in [0.25, 0.3) is 49.7 Å². The number of anilines is 2. The molecule has 226 valence electrons. The van der Waals surface area contributed by atoms with Crippen LogP contribution in [0.3, 0.4) is 0 Å². The highest BCUT2D eigenvalue weighted by atomic mass is 15.1. The average Bonchev–Trinajstić information content (AvgIpc) is 3.49. The van der Waals surface area contributed by atoms with Crippen molar-refractivity contribution in [2.45, 2.75) is 19.3 Å². The van der Waals surface area contributed by atoms with Crippen LogP contribution in [0.1, 0.15) is 25.0 Å². The van der Waals surface area contributed by atoms with E-state index in [4.69, 9.17) is 0 Å². The Bertz CT molecular complexity index is 2450. The summed E-state index contributed by atoms with van der Waals surface area (Å²) < 4.78 is 2.51. The van der Waals surface area contributed by atoms with E-state index in [2.05, 4.69) is 187 Å². The molecule has 10 rings (SSSR count). The van der Waals surface area contributed by atoms with Crippen LogP contribution < -0.4 is 15.7 Å². The number of benzene rings is 7. The number of aromatic nitrogens is 1. The van der Waals surface area contributed by atoms with Gasteiger partial charge in [0.1, 0.15) is 0 Å². The number of rotatable bonds is 3. The summed E-state index contributed by atoms with van der Waals surface area (Å²) in [7, 11) is 0. The molecule has 0 fully saturated rings. The van der Waals surface area contributed by atoms with Crippen molar-refractivity contribution >= 4 is 51.0 Å². The van der Waals surface area contributed by atoms with Crippen molar-refractivity contribution in [2.75, 3.05) is 4.81 Å². The van der Waals surface area contributed by atoms with Gasteiger partial charge in [-0.15, -0.1) is 0 Å². The molecule has 2 nitrogen and oxygen atoms in total. The van der Waals surface area contributed by atoms with Gasteiger partial charge in [0.05, 0.1) is 11.0 Å². The van der Waals surface area contributed by atoms with E-state index in [1.807, 2.05) is 0 Å². The first-order chi connectivity index (χ1) is 23.6. The highest BCUT2D eigenvalue weighted by molar-refractivity contribution is 6.92. The number of nitrogens with zero attached hydrogens (tertiary/aromatic N) is 2. The molecule has 0 saturated heterocycles. The number of fused-ring (bicyclic) bond motifs is 7. The molecule has 0 amide bonds. The Hall–Kier alpha value is -5.80. The van der Waals surface area contributed by atoms with Gasteiger partial charge in [0.15, 0.2) is 0 Å². The lowest BCUT2D eigenvalue weighted by molar-refractivity contribution is 0.634. The van der Waals surface area contributed by atoms with Crippen LogP contribution in [0.5, 0.6) is 0 Å². The van der Waals surface area contributed by atoms with Crippen LogP contribution in [0, 0.1) is 0 Å². The SMILES string of the molecule is CC1(C)c2cccc(-c3ccccc3)c2N(B2c3ccccc3-n3c4ccccc4c4cccc2c43)c2c(-c3ccccc3)cccc21. The fourth-order valence-corrected chi connectivity index (χ4v) is 8.72. The van der Waals surface area contributed by atoms with Crippen LogP contribution in [0.2, 0.25) is 0 Å². The van der Waals surface area contributed by atoms with E-state index in [9.17, 15) is 0 Å². The lowest BCUT2D eigenvalue weighted by Crippen LogP contribution is -2.60. The smallest absolute Gasteiger partial charge is 0.332 e. The monoisotopic (exact) mass is 612 g/mol. The molecule has 0 N–H and O–H groups in total. The molecule has 0 radical (unpaired) electrons. The van der Waals surface area contributed by atoms with E-state index in [-0.39, 0.29) is 12.3 Å². The van der Waals surface area contributed by atoms with Gasteiger partial charge in [0, 0.05) is 44.4 Å². The average molecular weight is 613 g/mol. The lowest BCUT2D eigenvalue weighted by Gasteiger charge is -2.48. The number of hydrogen-bond acceptors (Lipinski definition) is 1. The van der Waals surface area contributed by atoms with Gasteiger partial charge in [-0.2, -0.15) is 0 Å². The van der Waals surface area contributed by atoms with Crippen molar-refractivity contribution < 1.29 is 0 Å². The maximum absolute atomic E-state index is 2.72. The second-order valence-electron chi connectivity index (χ2n) is 13.7. The van der Waals surface area contributed by atoms with Crippen LogP contribution in [-0.2, 0) is 5.41 Å². The van der Waals surface area contributed by atoms with E-state index in [1.54, 1.807) is 0 Å². The van der Waals surface area contributed by atoms with E-state index in [0.717, 1.165) is 0 Å². The number of hydrogen-bond donors (Lipinski definition) is 0. The normalized spacial score (nSPS) is 14.1. The van der Waals surface area contributed by atoms with Crippen LogP contribution in [0.15, 0.2) is 164 Å². The minimum atomic E-state index is -0.230. The summed E-state index contributed by atoms with van der Waals surface area (Å²) in [6.45, 7) is 4.74. The Morgan fingerprint density at radius 2 is 0.979 bits per heavy atom. The van der Waals surface area contributed by atoms with E-state index in [1.165, 1.54) is 83.2 Å². The zero-order valence-electron chi connectivity index (χ0n) is 27.1. The topological polar surface area (TPSA) is 8.17 Å². The molecule has 3 heteroatoms. The van der Waals surface area contributed by atoms with Crippen LogP contribution in [-0.4, -0.2) is 11.4 Å². The second-order valence-corrected chi connectivity index (χ2v) is 13.7. The molecule has 0 atom stereocenters. The molecule has 0 spiro atoms. The molecular weight excluding hydrogens is 579 g/mol. The molecule has 2 aliphatic rings. The van der Waals surface area contributed by atoms with Crippen LogP contribution >= 0.6 is 0 Å². The van der Waals surface area contributed by atoms with Crippen molar-refractivity contribution in [1.82, 2.24) is 4.57 Å². The Morgan fingerprint density at radius 1 is 0.458 bits per heavy atom. The predicted molar refractivity (Wildman–Crippen MR) is 204 cm³/mol. The van der Waals surface area contributed by atoms with Crippen LogP contribution in [0.4, 0.5) is 11.4 Å². The first-order valence-electron chi connectivity index (χ1n) is 16.9. The third-order valence-electron chi connectivity index (χ3n) is 10.8. The summed E-state index contributed by atoms with van der Waals surface area (Å²) in [5.74, 6) is 0.